The Balaban J connectivity index is 0.000000363. The molecule has 7 aromatic carbocycles. The number of hydrogen-bond acceptors (Lipinski definition) is 2. The van der Waals surface area contributed by atoms with Gasteiger partial charge in [0.1, 0.15) is 46.9 Å². The molecule has 0 N–H and O–H groups in total. The highest BCUT2D eigenvalue weighted by molar-refractivity contribution is 7.97. The predicted octanol–water partition coefficient (Wildman–Crippen LogP) is 14.2. The highest BCUT2D eigenvalue weighted by Gasteiger charge is 2.60. The van der Waals surface area contributed by atoms with Gasteiger partial charge in [-0.25, -0.2) is 70.2 Å². The monoisotopic (exact) mass is 1220 g/mol. The van der Waals surface area contributed by atoms with Crippen molar-refractivity contribution in [3.63, 3.8) is 0 Å². The first kappa shape index (κ1) is 62.9. The Labute approximate surface area is 436 Å². The number of ether oxygens (including phenoxy) is 2. The van der Waals surface area contributed by atoms with E-state index in [1.54, 1.807) is 7.11 Å². The summed E-state index contributed by atoms with van der Waals surface area (Å²) in [4.78, 5) is 3.77. The molecular weight excluding hydrogens is 1200 g/mol. The molecule has 0 unspecified atom stereocenters. The molecule has 0 fully saturated rings. The number of methoxy groups -OCH3 is 1. The topological polar surface area (TPSA) is 18.5 Å². The van der Waals surface area contributed by atoms with Gasteiger partial charge in [0.15, 0.2) is 85.3 Å². The van der Waals surface area contributed by atoms with Crippen molar-refractivity contribution in [1.29, 1.82) is 0 Å². The maximum atomic E-state index is 16.0. The van der Waals surface area contributed by atoms with Crippen molar-refractivity contribution in [1.82, 2.24) is 0 Å². The fourth-order valence-corrected chi connectivity index (χ4v) is 10.9. The zero-order valence-corrected chi connectivity index (χ0v) is 39.7. The summed E-state index contributed by atoms with van der Waals surface area (Å²) in [5, 5.41) is 0. The molecule has 7 aromatic rings. The molecule has 7 rings (SSSR count). The van der Waals surface area contributed by atoms with Crippen molar-refractivity contribution < 1.29 is 132 Å². The normalized spacial score (nSPS) is 12.5. The van der Waals surface area contributed by atoms with E-state index >= 15 is 35.1 Å². The third-order valence-electron chi connectivity index (χ3n) is 11.7. The fourth-order valence-electron chi connectivity index (χ4n) is 8.67. The van der Waals surface area contributed by atoms with E-state index in [1.807, 2.05) is 12.1 Å². The smallest absolute Gasteiger partial charge is 0.416 e. The van der Waals surface area contributed by atoms with Gasteiger partial charge in [0, 0.05) is 7.11 Å². The van der Waals surface area contributed by atoms with Gasteiger partial charge in [0.25, 0.3) is 0 Å². The molecule has 0 aliphatic heterocycles. The van der Waals surface area contributed by atoms with E-state index in [2.05, 4.69) is 72.8 Å². The summed E-state index contributed by atoms with van der Waals surface area (Å²) >= 11 is 0. The van der Waals surface area contributed by atoms with E-state index < -0.39 is 168 Å². The molecule has 0 aromatic heterocycles. The van der Waals surface area contributed by atoms with Gasteiger partial charge in [-0.2, -0.15) is 52.7 Å². The summed E-state index contributed by atoms with van der Waals surface area (Å²) in [6.07, 6.45) is -39.5. The second kappa shape index (κ2) is 23.0. The minimum atomic E-state index is -8.89. The van der Waals surface area contributed by atoms with Crippen LogP contribution >= 0.6 is 0 Å². The predicted molar refractivity (Wildman–Crippen MR) is 228 cm³/mol. The summed E-state index contributed by atoms with van der Waals surface area (Å²) in [5.74, 6) is -68.9. The van der Waals surface area contributed by atoms with Crippen LogP contribution in [0.15, 0.2) is 99.6 Å². The van der Waals surface area contributed by atoms with Crippen LogP contribution in [0.4, 0.5) is 123 Å². The van der Waals surface area contributed by atoms with Crippen molar-refractivity contribution in [3.05, 3.63) is 200 Å². The van der Waals surface area contributed by atoms with Crippen LogP contribution in [-0.2, 0) is 40.3 Å². The minimum absolute atomic E-state index is 0.197. The summed E-state index contributed by atoms with van der Waals surface area (Å²) < 4.78 is 429. The molecule has 0 amide bonds. The Kier molecular flexibility index (Phi) is 17.8. The van der Waals surface area contributed by atoms with Gasteiger partial charge < -0.3 is 9.47 Å². The lowest BCUT2D eigenvalue weighted by atomic mass is 9.11. The third-order valence-corrected chi connectivity index (χ3v) is 13.9. The lowest BCUT2D eigenvalue weighted by Crippen LogP contribution is -2.82. The zero-order valence-electron chi connectivity index (χ0n) is 38.9. The minimum Gasteiger partial charge on any atom is -0.486 e. The largest absolute Gasteiger partial charge is 0.486 e. The van der Waals surface area contributed by atoms with Crippen LogP contribution in [-0.4, -0.2) is 26.5 Å². The molecule has 0 saturated heterocycles. The number of rotatable bonds is 11. The Morgan fingerprint density at radius 3 is 0.827 bits per heavy atom. The number of halogens is 28. The Morgan fingerprint density at radius 2 is 0.568 bits per heavy atom. The van der Waals surface area contributed by atoms with Crippen molar-refractivity contribution in [2.75, 3.05) is 20.3 Å². The van der Waals surface area contributed by atoms with E-state index in [0.717, 1.165) is 5.75 Å². The maximum absolute atomic E-state index is 16.0. The second-order valence-electron chi connectivity index (χ2n) is 16.3. The van der Waals surface area contributed by atoms with E-state index in [-0.39, 0.29) is 10.9 Å². The summed E-state index contributed by atoms with van der Waals surface area (Å²) in [6.45, 7) is 1.13. The van der Waals surface area contributed by atoms with E-state index in [0.29, 0.717) is 13.2 Å². The molecule has 2 nitrogen and oxygen atoms in total. The van der Waals surface area contributed by atoms with Crippen LogP contribution in [0.2, 0.25) is 0 Å². The summed E-state index contributed by atoms with van der Waals surface area (Å²) in [6, 6.07) is 29.5. The molecule has 0 aliphatic carbocycles. The average molecular weight is 1220 g/mol. The lowest BCUT2D eigenvalue weighted by molar-refractivity contribution is -0.140. The van der Waals surface area contributed by atoms with Crippen LogP contribution in [0.1, 0.15) is 22.3 Å². The van der Waals surface area contributed by atoms with Crippen molar-refractivity contribution in [2.45, 2.75) is 39.4 Å². The first-order valence-corrected chi connectivity index (χ1v) is 22.6. The molecular formula is C49H21BF28O2S. The number of alkyl halides is 12. The third kappa shape index (κ3) is 11.1. The second-order valence-corrected chi connectivity index (χ2v) is 18.3. The Morgan fingerprint density at radius 1 is 0.321 bits per heavy atom. The van der Waals surface area contributed by atoms with Crippen LogP contribution < -0.4 is 26.6 Å². The number of hydrogen-bond donors (Lipinski definition) is 0. The van der Waals surface area contributed by atoms with Gasteiger partial charge in [-0.15, -0.1) is 21.9 Å². The molecule has 0 radical (unpaired) electrons. The van der Waals surface area contributed by atoms with E-state index in [9.17, 15) is 87.8 Å². The van der Waals surface area contributed by atoms with Crippen molar-refractivity contribution in [2.24, 2.45) is 0 Å². The van der Waals surface area contributed by atoms with Gasteiger partial charge in [-0.3, -0.25) is 0 Å². The molecule has 0 aliphatic rings. The average Bonchev–Trinajstić information content (AvgIpc) is 3.58. The maximum Gasteiger partial charge on any atom is 0.416 e. The van der Waals surface area contributed by atoms with Gasteiger partial charge >= 0.3 is 24.7 Å². The molecule has 32 heteroatoms. The molecule has 81 heavy (non-hydrogen) atoms. The molecule has 0 heterocycles. The Bertz CT molecular complexity index is 3160. The van der Waals surface area contributed by atoms with Crippen LogP contribution in [0, 0.1) is 93.1 Å². The quantitative estimate of drug-likeness (QED) is 0.0321. The molecule has 0 spiro atoms. The first-order valence-electron chi connectivity index (χ1n) is 21.4. The van der Waals surface area contributed by atoms with Crippen molar-refractivity contribution in [3.8, 4) is 5.75 Å². The molecule has 0 bridgehead atoms. The highest BCUT2D eigenvalue weighted by atomic mass is 32.2. The molecule has 0 atom stereocenters. The van der Waals surface area contributed by atoms with Crippen LogP contribution in [0.5, 0.6) is 5.75 Å². The van der Waals surface area contributed by atoms with Crippen molar-refractivity contribution >= 4 is 38.9 Å². The lowest BCUT2D eigenvalue weighted by Gasteiger charge is -2.49. The zero-order chi connectivity index (χ0) is 61.0. The number of benzene rings is 7. The number of para-hydroxylation sites is 1. The standard InChI is InChI=1S/C28BF28.C21H21O2S/c30-9-1(25(46,47)48)5(13(34)21(42)17(9)38)29(6-2(26(49,50)51)10(31)18(39)22(43)14(6)35,7-3(27(52,53)54)11(32)19(40)23(44)15(7)36)8-4(28(55,56)57)12(33)20(41)24(45)16(8)37;1-22-16-17-23-20-14-8-9-15-21(20)24(18-10-4-2-5-11-18)19-12-6-3-7-13-19/h;2-15H,16-17H2,1H3/q-1;+1. The first-order chi connectivity index (χ1) is 37.4. The van der Waals surface area contributed by atoms with E-state index in [1.165, 1.54) is 14.7 Å². The van der Waals surface area contributed by atoms with Gasteiger partial charge in [0.2, 0.25) is 4.90 Å². The highest BCUT2D eigenvalue weighted by Crippen LogP contribution is 2.44. The van der Waals surface area contributed by atoms with Crippen LogP contribution in [0.3, 0.4) is 0 Å². The van der Waals surface area contributed by atoms with Crippen LogP contribution in [0.25, 0.3) is 0 Å². The van der Waals surface area contributed by atoms with Gasteiger partial charge in [-0.1, -0.05) is 48.5 Å². The molecule has 434 valence electrons. The molecule has 0 saturated carbocycles. The summed E-state index contributed by atoms with van der Waals surface area (Å²) in [5.41, 5.74) is -38.1. The fraction of sp³-hybridized carbons (Fsp3) is 0.143. The SMILES string of the molecule is COCCOc1ccccc1[S+](c1ccccc1)c1ccccc1.Fc1c(F)c(F)c(C(F)(F)F)c([B-](c2c(F)c(F)c(F)c(F)c2C(F)(F)F)(c2c(F)c(F)c(F)c(F)c2C(F)(F)F)c2c(F)c(F)c(F)c(F)c2C(F)(F)F)c1F. The Hall–Kier alpha value is -7.25. The van der Waals surface area contributed by atoms with E-state index in [4.69, 9.17) is 9.47 Å². The summed E-state index contributed by atoms with van der Waals surface area (Å²) in [7, 11) is 1.49. The van der Waals surface area contributed by atoms with Gasteiger partial charge in [-0.05, 0) is 36.4 Å². The van der Waals surface area contributed by atoms with Gasteiger partial charge in [0.05, 0.1) is 28.9 Å².